The van der Waals surface area contributed by atoms with Crippen molar-refractivity contribution >= 4 is 15.4 Å². The van der Waals surface area contributed by atoms with Crippen molar-refractivity contribution in [3.05, 3.63) is 12.3 Å². The van der Waals surface area contributed by atoms with Gasteiger partial charge in [-0.3, -0.25) is 4.79 Å². The van der Waals surface area contributed by atoms with Gasteiger partial charge in [0.1, 0.15) is 0 Å². The number of carboxylic acids is 1. The number of carboxylic acid groups (broad SMARTS) is 1. The van der Waals surface area contributed by atoms with Gasteiger partial charge in [-0.1, -0.05) is 34.3 Å². The molecule has 1 saturated heterocycles. The molecule has 4 nitrogen and oxygen atoms in total. The van der Waals surface area contributed by atoms with Crippen molar-refractivity contribution in [3.8, 4) is 0 Å². The molecular weight excluding hydrogens is 273 g/mol. The van der Waals surface area contributed by atoms with Gasteiger partial charge in [-0.25, -0.2) is 0 Å². The Morgan fingerprint density at radius 3 is 2.20 bits per heavy atom. The number of rotatable bonds is 3. The van der Waals surface area contributed by atoms with Crippen LogP contribution < -0.4 is 5.32 Å². The van der Waals surface area contributed by atoms with Gasteiger partial charge >= 0.3 is 5.97 Å². The molecule has 1 aliphatic heterocycles. The molecule has 0 saturated carbocycles. The van der Waals surface area contributed by atoms with Crippen LogP contribution in [0.3, 0.4) is 0 Å². The van der Waals surface area contributed by atoms with Gasteiger partial charge in [0.15, 0.2) is 0 Å². The van der Waals surface area contributed by atoms with Crippen molar-refractivity contribution in [2.24, 2.45) is 11.8 Å². The van der Waals surface area contributed by atoms with Gasteiger partial charge in [0.25, 0.3) is 0 Å². The van der Waals surface area contributed by atoms with Gasteiger partial charge in [0.05, 0.1) is 21.1 Å². The standard InChI is InChI=1S/C11H20NO3P.2C2H6/c1-7(15-16)8-4-5-11(2,3)12-6-9(8)10(13)14;2*1-2/h8-9,12H,1,4-6,16H2,2-3H3,(H,13,14);2*1-2H3. The van der Waals surface area contributed by atoms with E-state index in [-0.39, 0.29) is 11.5 Å². The van der Waals surface area contributed by atoms with Crippen LogP contribution in [0.2, 0.25) is 0 Å². The first-order valence-corrected chi connectivity index (χ1v) is 7.88. The Hall–Kier alpha value is -0.600. The van der Waals surface area contributed by atoms with Crippen molar-refractivity contribution in [2.75, 3.05) is 6.54 Å². The van der Waals surface area contributed by atoms with Crippen LogP contribution in [0.4, 0.5) is 0 Å². The van der Waals surface area contributed by atoms with Crippen LogP contribution in [0.15, 0.2) is 12.3 Å². The van der Waals surface area contributed by atoms with Crippen molar-refractivity contribution in [1.29, 1.82) is 0 Å². The number of carbonyl (C=O) groups is 1. The molecule has 0 aromatic rings. The second-order valence-corrected chi connectivity index (χ2v) is 5.17. The Labute approximate surface area is 126 Å². The molecule has 3 unspecified atom stereocenters. The Morgan fingerprint density at radius 1 is 1.30 bits per heavy atom. The van der Waals surface area contributed by atoms with Crippen LogP contribution in [0.25, 0.3) is 0 Å². The molecule has 120 valence electrons. The fourth-order valence-corrected chi connectivity index (χ4v) is 2.24. The van der Waals surface area contributed by atoms with E-state index in [4.69, 9.17) is 4.52 Å². The van der Waals surface area contributed by atoms with Crippen LogP contribution in [-0.4, -0.2) is 23.2 Å². The molecule has 1 heterocycles. The number of allylic oxidation sites excluding steroid dienone is 1. The summed E-state index contributed by atoms with van der Waals surface area (Å²) in [5.74, 6) is -0.839. The summed E-state index contributed by atoms with van der Waals surface area (Å²) in [6.45, 7) is 16.4. The van der Waals surface area contributed by atoms with Crippen molar-refractivity contribution < 1.29 is 14.4 Å². The first-order chi connectivity index (χ1) is 9.37. The normalized spacial score (nSPS) is 23.9. The van der Waals surface area contributed by atoms with E-state index >= 15 is 0 Å². The van der Waals surface area contributed by atoms with Crippen LogP contribution >= 0.6 is 9.47 Å². The molecule has 1 rings (SSSR count). The zero-order valence-corrected chi connectivity index (χ0v) is 15.0. The summed E-state index contributed by atoms with van der Waals surface area (Å²) >= 11 is 0. The third-order valence-electron chi connectivity index (χ3n) is 3.25. The Kier molecular flexibility index (Phi) is 12.0. The number of hydrogen-bond acceptors (Lipinski definition) is 3. The average molecular weight is 305 g/mol. The molecule has 1 aliphatic rings. The zero-order valence-electron chi connectivity index (χ0n) is 13.8. The molecule has 0 radical (unpaired) electrons. The molecule has 0 aromatic carbocycles. The van der Waals surface area contributed by atoms with E-state index in [9.17, 15) is 9.90 Å². The summed E-state index contributed by atoms with van der Waals surface area (Å²) in [5.41, 5.74) is -0.0242. The number of hydrogen-bond donors (Lipinski definition) is 2. The maximum Gasteiger partial charge on any atom is 0.308 e. The predicted octanol–water partition coefficient (Wildman–Crippen LogP) is 3.84. The van der Waals surface area contributed by atoms with Crippen molar-refractivity contribution in [1.82, 2.24) is 5.32 Å². The molecule has 0 spiro atoms. The summed E-state index contributed by atoms with van der Waals surface area (Å²) in [6, 6.07) is 0. The van der Waals surface area contributed by atoms with Gasteiger partial charge in [-0.2, -0.15) is 0 Å². The van der Waals surface area contributed by atoms with Gasteiger partial charge in [-0.05, 0) is 26.7 Å². The van der Waals surface area contributed by atoms with Crippen LogP contribution in [0.1, 0.15) is 54.4 Å². The predicted molar refractivity (Wildman–Crippen MR) is 88.6 cm³/mol. The van der Waals surface area contributed by atoms with Crippen LogP contribution in [-0.2, 0) is 9.32 Å². The highest BCUT2D eigenvalue weighted by Gasteiger charge is 2.36. The number of aliphatic carboxylic acids is 1. The van der Waals surface area contributed by atoms with E-state index in [0.717, 1.165) is 12.8 Å². The van der Waals surface area contributed by atoms with Crippen molar-refractivity contribution in [2.45, 2.75) is 59.9 Å². The molecule has 2 N–H and O–H groups in total. The third-order valence-corrected chi connectivity index (χ3v) is 3.55. The lowest BCUT2D eigenvalue weighted by Crippen LogP contribution is -2.41. The molecule has 0 aliphatic carbocycles. The lowest BCUT2D eigenvalue weighted by atomic mass is 9.86. The SMILES string of the molecule is C=C(OP)C1CCC(C)(C)NCC1C(=O)O.CC.CC. The highest BCUT2D eigenvalue weighted by atomic mass is 31.0. The molecule has 1 fully saturated rings. The molecule has 0 amide bonds. The molecule has 5 heteroatoms. The Balaban J connectivity index is 0. The quantitative estimate of drug-likeness (QED) is 0.614. The topological polar surface area (TPSA) is 58.6 Å². The molecule has 0 bridgehead atoms. The maximum absolute atomic E-state index is 11.2. The largest absolute Gasteiger partial charge is 0.485 e. The minimum Gasteiger partial charge on any atom is -0.485 e. The van der Waals surface area contributed by atoms with E-state index in [0.29, 0.717) is 12.3 Å². The lowest BCUT2D eigenvalue weighted by Gasteiger charge is -2.23. The molecule has 0 aromatic heterocycles. The van der Waals surface area contributed by atoms with Gasteiger partial charge in [0.2, 0.25) is 0 Å². The Bertz CT molecular complexity index is 293. The highest BCUT2D eigenvalue weighted by Crippen LogP contribution is 2.32. The smallest absolute Gasteiger partial charge is 0.308 e. The second-order valence-electron chi connectivity index (χ2n) is 4.94. The zero-order chi connectivity index (χ0) is 16.3. The monoisotopic (exact) mass is 305 g/mol. The van der Waals surface area contributed by atoms with Gasteiger partial charge < -0.3 is 14.9 Å². The average Bonchev–Trinajstić information content (AvgIpc) is 2.61. The summed E-state index contributed by atoms with van der Waals surface area (Å²) in [5, 5.41) is 12.5. The van der Waals surface area contributed by atoms with Gasteiger partial charge in [-0.15, -0.1) is 0 Å². The minimum absolute atomic E-state index is 0.0242. The summed E-state index contributed by atoms with van der Waals surface area (Å²) < 4.78 is 5.02. The highest BCUT2D eigenvalue weighted by molar-refractivity contribution is 7.10. The fraction of sp³-hybridized carbons (Fsp3) is 0.800. The molecular formula is C15H32NO3P. The summed E-state index contributed by atoms with van der Waals surface area (Å²) in [6.07, 6.45) is 1.69. The van der Waals surface area contributed by atoms with Crippen LogP contribution in [0, 0.1) is 11.8 Å². The second kappa shape index (κ2) is 11.1. The molecule has 20 heavy (non-hydrogen) atoms. The first-order valence-electron chi connectivity index (χ1n) is 7.41. The van der Waals surface area contributed by atoms with E-state index in [2.05, 4.69) is 35.2 Å². The number of nitrogens with one attached hydrogen (secondary N) is 1. The van der Waals surface area contributed by atoms with Crippen LogP contribution in [0.5, 0.6) is 0 Å². The first kappa shape index (κ1) is 21.7. The van der Waals surface area contributed by atoms with E-state index in [1.54, 1.807) is 0 Å². The van der Waals surface area contributed by atoms with E-state index in [1.165, 1.54) is 0 Å². The molecule has 3 atom stereocenters. The van der Waals surface area contributed by atoms with E-state index in [1.807, 2.05) is 27.7 Å². The fourth-order valence-electron chi connectivity index (χ4n) is 2.07. The van der Waals surface area contributed by atoms with Gasteiger partial charge in [0, 0.05) is 18.0 Å². The lowest BCUT2D eigenvalue weighted by molar-refractivity contribution is -0.143. The Morgan fingerprint density at radius 2 is 1.80 bits per heavy atom. The summed E-state index contributed by atoms with van der Waals surface area (Å²) in [4.78, 5) is 11.2. The third kappa shape index (κ3) is 7.25. The minimum atomic E-state index is -0.793. The van der Waals surface area contributed by atoms with E-state index < -0.39 is 11.9 Å². The summed E-state index contributed by atoms with van der Waals surface area (Å²) in [7, 11) is 2.13. The maximum atomic E-state index is 11.2. The van der Waals surface area contributed by atoms with Crippen molar-refractivity contribution in [3.63, 3.8) is 0 Å².